The lowest BCUT2D eigenvalue weighted by molar-refractivity contribution is -0.111. The normalized spacial score (nSPS) is 10.9. The lowest BCUT2D eigenvalue weighted by Gasteiger charge is -2.11. The van der Waals surface area contributed by atoms with Gasteiger partial charge < -0.3 is 19.7 Å². The Morgan fingerprint density at radius 3 is 2.43 bits per heavy atom. The van der Waals surface area contributed by atoms with Crippen molar-refractivity contribution >= 4 is 34.7 Å². The smallest absolute Gasteiger partial charge is 0.387 e. The Morgan fingerprint density at radius 2 is 1.83 bits per heavy atom. The van der Waals surface area contributed by atoms with Crippen LogP contribution in [0.25, 0.3) is 6.08 Å². The second-order valence-electron chi connectivity index (χ2n) is 6.13. The minimum Gasteiger partial charge on any atom is -0.490 e. The number of rotatable bonds is 8. The van der Waals surface area contributed by atoms with Crippen LogP contribution in [-0.2, 0) is 4.79 Å². The van der Waals surface area contributed by atoms with Gasteiger partial charge in [-0.25, -0.2) is 0 Å². The molecule has 2 rings (SSSR count). The summed E-state index contributed by atoms with van der Waals surface area (Å²) in [6.45, 7) is -0.952. The molecule has 30 heavy (non-hydrogen) atoms. The molecule has 6 nitrogen and oxygen atoms in total. The number of ether oxygens (including phenoxy) is 2. The summed E-state index contributed by atoms with van der Waals surface area (Å²) in [6.07, 6.45) is 2.85. The largest absolute Gasteiger partial charge is 0.490 e. The number of alkyl halides is 2. The van der Waals surface area contributed by atoms with Gasteiger partial charge in [-0.05, 0) is 66.7 Å². The molecule has 0 aliphatic carbocycles. The van der Waals surface area contributed by atoms with Crippen LogP contribution in [-0.4, -0.2) is 43.4 Å². The lowest BCUT2D eigenvalue weighted by Crippen LogP contribution is -2.16. The van der Waals surface area contributed by atoms with Gasteiger partial charge in [-0.15, -0.1) is 0 Å². The fraction of sp³-hybridized carbons (Fsp3) is 0.238. The van der Waals surface area contributed by atoms with E-state index in [1.54, 1.807) is 45.3 Å². The minimum absolute atomic E-state index is 0.0702. The summed E-state index contributed by atoms with van der Waals surface area (Å²) in [7, 11) is 3.35. The van der Waals surface area contributed by atoms with Gasteiger partial charge in [0.1, 0.15) is 0 Å². The van der Waals surface area contributed by atoms with E-state index in [2.05, 4.69) is 10.1 Å². The molecule has 1 N–H and O–H groups in total. The summed E-state index contributed by atoms with van der Waals surface area (Å²) in [4.78, 5) is 26.1. The summed E-state index contributed by atoms with van der Waals surface area (Å²) in [6, 6.07) is 11.3. The van der Waals surface area contributed by atoms with Crippen LogP contribution in [0.5, 0.6) is 11.5 Å². The fourth-order valence-corrected chi connectivity index (χ4v) is 2.90. The number of amides is 2. The molecule has 2 amide bonds. The zero-order valence-corrected chi connectivity index (χ0v) is 17.5. The molecule has 0 spiro atoms. The number of carbonyl (C=O) groups excluding carboxylic acids is 2. The third-order valence-corrected chi connectivity index (χ3v) is 4.65. The molecule has 0 heterocycles. The molecule has 0 bridgehead atoms. The van der Waals surface area contributed by atoms with Crippen molar-refractivity contribution in [3.63, 3.8) is 0 Å². The number of nitrogens with zero attached hydrogens (tertiary/aromatic N) is 1. The van der Waals surface area contributed by atoms with Crippen LogP contribution in [0.1, 0.15) is 12.5 Å². The zero-order valence-electron chi connectivity index (χ0n) is 16.7. The average Bonchev–Trinajstić information content (AvgIpc) is 2.69. The quantitative estimate of drug-likeness (QED) is 0.460. The molecule has 2 aromatic rings. The van der Waals surface area contributed by atoms with Crippen molar-refractivity contribution in [1.82, 2.24) is 4.90 Å². The maximum absolute atomic E-state index is 12.5. The van der Waals surface area contributed by atoms with E-state index in [4.69, 9.17) is 4.74 Å². The van der Waals surface area contributed by atoms with E-state index >= 15 is 0 Å². The van der Waals surface area contributed by atoms with E-state index < -0.39 is 6.61 Å². The topological polar surface area (TPSA) is 67.9 Å². The Bertz CT molecular complexity index is 902. The molecule has 2 aromatic carbocycles. The average molecular weight is 436 g/mol. The summed E-state index contributed by atoms with van der Waals surface area (Å²) in [5.41, 5.74) is 1.16. The molecule has 0 saturated heterocycles. The molecule has 0 radical (unpaired) electrons. The SMILES string of the molecule is CCOc1cc(/C=C/C(=O)Nc2ccc(SC(=O)N(C)C)cc2)ccc1OC(F)F. The second kappa shape index (κ2) is 11.2. The third kappa shape index (κ3) is 7.40. The van der Waals surface area contributed by atoms with Crippen molar-refractivity contribution in [2.24, 2.45) is 0 Å². The Hall–Kier alpha value is -3.07. The number of anilines is 1. The highest BCUT2D eigenvalue weighted by molar-refractivity contribution is 8.13. The van der Waals surface area contributed by atoms with Crippen LogP contribution in [0.3, 0.4) is 0 Å². The van der Waals surface area contributed by atoms with Gasteiger partial charge in [0.05, 0.1) is 6.61 Å². The van der Waals surface area contributed by atoms with Gasteiger partial charge in [0.2, 0.25) is 5.91 Å². The Labute approximate surface area is 177 Å². The number of nitrogens with one attached hydrogen (secondary N) is 1. The monoisotopic (exact) mass is 436 g/mol. The number of hydrogen-bond donors (Lipinski definition) is 1. The summed E-state index contributed by atoms with van der Waals surface area (Å²) < 4.78 is 34.6. The van der Waals surface area contributed by atoms with Crippen LogP contribution in [0.15, 0.2) is 53.4 Å². The van der Waals surface area contributed by atoms with Gasteiger partial charge in [0.25, 0.3) is 5.24 Å². The number of hydrogen-bond acceptors (Lipinski definition) is 5. The van der Waals surface area contributed by atoms with E-state index in [1.807, 2.05) is 0 Å². The molecular formula is C21H22F2N2O4S. The molecular weight excluding hydrogens is 414 g/mol. The van der Waals surface area contributed by atoms with Crippen LogP contribution < -0.4 is 14.8 Å². The molecule has 0 aromatic heterocycles. The van der Waals surface area contributed by atoms with Crippen LogP contribution in [0, 0.1) is 0 Å². The molecule has 0 aliphatic heterocycles. The number of halogens is 2. The van der Waals surface area contributed by atoms with Crippen molar-refractivity contribution < 1.29 is 27.8 Å². The Balaban J connectivity index is 2.00. The van der Waals surface area contributed by atoms with Crippen molar-refractivity contribution in [2.45, 2.75) is 18.4 Å². The zero-order chi connectivity index (χ0) is 22.1. The number of carbonyl (C=O) groups is 2. The standard InChI is InChI=1S/C21H22F2N2O4S/c1-4-28-18-13-14(5-11-17(18)29-20(22)23)6-12-19(26)24-15-7-9-16(10-8-15)30-21(27)25(2)3/h5-13,20H,4H2,1-3H3,(H,24,26)/b12-6+. The van der Waals surface area contributed by atoms with Gasteiger partial charge in [0.15, 0.2) is 11.5 Å². The third-order valence-electron chi connectivity index (χ3n) is 3.60. The van der Waals surface area contributed by atoms with Crippen molar-refractivity contribution in [2.75, 3.05) is 26.0 Å². The van der Waals surface area contributed by atoms with E-state index in [1.165, 1.54) is 35.3 Å². The van der Waals surface area contributed by atoms with Gasteiger partial charge in [-0.2, -0.15) is 8.78 Å². The van der Waals surface area contributed by atoms with Gasteiger partial charge in [0, 0.05) is 30.8 Å². The maximum atomic E-state index is 12.5. The summed E-state index contributed by atoms with van der Waals surface area (Å²) in [5, 5.41) is 2.62. The van der Waals surface area contributed by atoms with Crippen molar-refractivity contribution in [3.8, 4) is 11.5 Å². The van der Waals surface area contributed by atoms with Crippen molar-refractivity contribution in [1.29, 1.82) is 0 Å². The van der Waals surface area contributed by atoms with Crippen molar-refractivity contribution in [3.05, 3.63) is 54.1 Å². The molecule has 160 valence electrons. The first-order chi connectivity index (χ1) is 14.3. The van der Waals surface area contributed by atoms with Gasteiger partial charge in [-0.1, -0.05) is 6.07 Å². The van der Waals surface area contributed by atoms with E-state index in [0.29, 0.717) is 11.3 Å². The predicted molar refractivity (Wildman–Crippen MR) is 113 cm³/mol. The van der Waals surface area contributed by atoms with Gasteiger partial charge >= 0.3 is 6.61 Å². The summed E-state index contributed by atoms with van der Waals surface area (Å²) in [5.74, 6) is -0.273. The molecule has 9 heteroatoms. The maximum Gasteiger partial charge on any atom is 0.387 e. The number of benzene rings is 2. The van der Waals surface area contributed by atoms with E-state index in [-0.39, 0.29) is 29.3 Å². The second-order valence-corrected chi connectivity index (χ2v) is 7.15. The predicted octanol–water partition coefficient (Wildman–Crippen LogP) is 5.11. The van der Waals surface area contributed by atoms with Gasteiger partial charge in [-0.3, -0.25) is 9.59 Å². The lowest BCUT2D eigenvalue weighted by atomic mass is 10.2. The van der Waals surface area contributed by atoms with Crippen LogP contribution >= 0.6 is 11.8 Å². The molecule has 0 fully saturated rings. The van der Waals surface area contributed by atoms with Crippen LogP contribution in [0.4, 0.5) is 19.3 Å². The first-order valence-corrected chi connectivity index (χ1v) is 9.80. The van der Waals surface area contributed by atoms with Crippen LogP contribution in [0.2, 0.25) is 0 Å². The molecule has 0 saturated carbocycles. The summed E-state index contributed by atoms with van der Waals surface area (Å²) >= 11 is 1.09. The highest BCUT2D eigenvalue weighted by Crippen LogP contribution is 2.30. The first kappa shape index (κ1) is 23.2. The molecule has 0 aliphatic rings. The Kier molecular flexibility index (Phi) is 8.67. The molecule has 0 unspecified atom stereocenters. The Morgan fingerprint density at radius 1 is 1.13 bits per heavy atom. The number of thioether (sulfide) groups is 1. The highest BCUT2D eigenvalue weighted by Gasteiger charge is 2.11. The fourth-order valence-electron chi connectivity index (χ4n) is 2.24. The first-order valence-electron chi connectivity index (χ1n) is 8.98. The highest BCUT2D eigenvalue weighted by atomic mass is 32.2. The minimum atomic E-state index is -2.96. The van der Waals surface area contributed by atoms with E-state index in [0.717, 1.165) is 16.7 Å². The van der Waals surface area contributed by atoms with E-state index in [9.17, 15) is 18.4 Å². The molecule has 0 atom stereocenters.